The number of aromatic nitrogens is 4. The zero-order valence-corrected chi connectivity index (χ0v) is 13.9. The van der Waals surface area contributed by atoms with E-state index in [9.17, 15) is 0 Å². The summed E-state index contributed by atoms with van der Waals surface area (Å²) in [6, 6.07) is 14.1. The summed E-state index contributed by atoms with van der Waals surface area (Å²) in [5.74, 6) is 0.727. The van der Waals surface area contributed by atoms with Crippen LogP contribution in [0.1, 0.15) is 16.7 Å². The maximum absolute atomic E-state index is 6.20. The fraction of sp³-hybridized carbons (Fsp3) is 0.188. The van der Waals surface area contributed by atoms with Crippen LogP contribution in [0.3, 0.4) is 0 Å². The highest BCUT2D eigenvalue weighted by Crippen LogP contribution is 2.27. The molecule has 112 valence electrons. The molecule has 0 radical (unpaired) electrons. The van der Waals surface area contributed by atoms with Gasteiger partial charge < -0.3 is 0 Å². The molecule has 3 rings (SSSR count). The first-order valence-corrected chi connectivity index (χ1v) is 8.24. The molecule has 0 bridgehead atoms. The molecular weight excluding hydrogens is 316 g/mol. The quantitative estimate of drug-likeness (QED) is 0.672. The third-order valence-corrected chi connectivity index (χ3v) is 4.69. The van der Waals surface area contributed by atoms with E-state index in [1.807, 2.05) is 24.3 Å². The first-order valence-electron chi connectivity index (χ1n) is 6.87. The molecule has 1 aromatic heterocycles. The molecule has 0 aliphatic rings. The smallest absolute Gasteiger partial charge is 0.187 e. The van der Waals surface area contributed by atoms with E-state index >= 15 is 0 Å². The van der Waals surface area contributed by atoms with Gasteiger partial charge in [-0.25, -0.2) is 0 Å². The molecule has 1 heterocycles. The lowest BCUT2D eigenvalue weighted by Crippen LogP contribution is -2.02. The van der Waals surface area contributed by atoms with Crippen molar-refractivity contribution in [2.45, 2.75) is 24.8 Å². The largest absolute Gasteiger partial charge is 0.214 e. The van der Waals surface area contributed by atoms with Crippen molar-refractivity contribution < 1.29 is 0 Å². The number of hydrogen-bond acceptors (Lipinski definition) is 4. The van der Waals surface area contributed by atoms with Gasteiger partial charge in [-0.3, -0.25) is 0 Å². The number of rotatable bonds is 4. The Hall–Kier alpha value is -1.85. The molecule has 3 aromatic rings. The maximum Gasteiger partial charge on any atom is 0.214 e. The van der Waals surface area contributed by atoms with Crippen LogP contribution in [0.25, 0.3) is 5.69 Å². The molecule has 0 fully saturated rings. The highest BCUT2D eigenvalue weighted by atomic mass is 35.5. The van der Waals surface area contributed by atoms with Crippen molar-refractivity contribution in [1.82, 2.24) is 20.2 Å². The highest BCUT2D eigenvalue weighted by Gasteiger charge is 2.12. The lowest BCUT2D eigenvalue weighted by molar-refractivity contribution is 0.751. The number of halogens is 1. The van der Waals surface area contributed by atoms with Gasteiger partial charge in [-0.15, -0.1) is 5.10 Å². The van der Waals surface area contributed by atoms with Gasteiger partial charge in [0.2, 0.25) is 5.16 Å². The first kappa shape index (κ1) is 15.1. The number of aryl methyl sites for hydroxylation is 2. The van der Waals surface area contributed by atoms with Gasteiger partial charge >= 0.3 is 0 Å². The maximum atomic E-state index is 6.20. The zero-order chi connectivity index (χ0) is 15.5. The van der Waals surface area contributed by atoms with Gasteiger partial charge in [0.05, 0.1) is 5.69 Å². The molecular formula is C16H15ClN4S. The van der Waals surface area contributed by atoms with Crippen LogP contribution in [0, 0.1) is 13.8 Å². The van der Waals surface area contributed by atoms with E-state index in [0.29, 0.717) is 0 Å². The predicted molar refractivity (Wildman–Crippen MR) is 89.6 cm³/mol. The van der Waals surface area contributed by atoms with E-state index in [-0.39, 0.29) is 0 Å². The molecule has 0 unspecified atom stereocenters. The van der Waals surface area contributed by atoms with Gasteiger partial charge in [-0.05, 0) is 53.1 Å². The van der Waals surface area contributed by atoms with Gasteiger partial charge in [-0.1, -0.05) is 53.7 Å². The Kier molecular flexibility index (Phi) is 4.45. The van der Waals surface area contributed by atoms with Crippen LogP contribution in [0.4, 0.5) is 0 Å². The fourth-order valence-corrected chi connectivity index (χ4v) is 3.29. The summed E-state index contributed by atoms with van der Waals surface area (Å²) in [5, 5.41) is 13.6. The number of nitrogens with zero attached hydrogens (tertiary/aromatic N) is 4. The molecule has 22 heavy (non-hydrogen) atoms. The standard InChI is InChI=1S/C16H15ClN4S/c1-11-7-8-12(2)15(9-11)21-16(18-19-20-21)22-10-13-5-3-4-6-14(13)17/h3-9H,10H2,1-2H3. The van der Waals surface area contributed by atoms with Gasteiger partial charge in [0.25, 0.3) is 0 Å². The fourth-order valence-electron chi connectivity index (χ4n) is 2.13. The molecule has 0 saturated heterocycles. The van der Waals surface area contributed by atoms with Crippen molar-refractivity contribution in [3.63, 3.8) is 0 Å². The number of benzene rings is 2. The Bertz CT molecular complexity index is 800. The molecule has 0 N–H and O–H groups in total. The summed E-state index contributed by atoms with van der Waals surface area (Å²) in [6.07, 6.45) is 0. The molecule has 0 aliphatic heterocycles. The Morgan fingerprint density at radius 2 is 1.95 bits per heavy atom. The summed E-state index contributed by atoms with van der Waals surface area (Å²) < 4.78 is 1.78. The van der Waals surface area contributed by atoms with Crippen LogP contribution in [-0.4, -0.2) is 20.2 Å². The monoisotopic (exact) mass is 330 g/mol. The number of hydrogen-bond donors (Lipinski definition) is 0. The van der Waals surface area contributed by atoms with Crippen LogP contribution >= 0.6 is 23.4 Å². The van der Waals surface area contributed by atoms with E-state index in [4.69, 9.17) is 11.6 Å². The Labute approximate surface area is 138 Å². The molecule has 0 saturated carbocycles. The van der Waals surface area contributed by atoms with Crippen LogP contribution < -0.4 is 0 Å². The van der Waals surface area contributed by atoms with Gasteiger partial charge in [0.15, 0.2) is 0 Å². The second kappa shape index (κ2) is 6.50. The minimum absolute atomic E-state index is 0.727. The summed E-state index contributed by atoms with van der Waals surface area (Å²) >= 11 is 7.77. The van der Waals surface area contributed by atoms with Crippen molar-refractivity contribution in [1.29, 1.82) is 0 Å². The molecule has 0 amide bonds. The van der Waals surface area contributed by atoms with Crippen molar-refractivity contribution in [2.75, 3.05) is 0 Å². The third-order valence-electron chi connectivity index (χ3n) is 3.35. The van der Waals surface area contributed by atoms with Crippen LogP contribution in [0.5, 0.6) is 0 Å². The van der Waals surface area contributed by atoms with Gasteiger partial charge in [-0.2, -0.15) is 4.68 Å². The SMILES string of the molecule is Cc1ccc(C)c(-n2nnnc2SCc2ccccc2Cl)c1. The Morgan fingerprint density at radius 1 is 1.14 bits per heavy atom. The molecule has 4 nitrogen and oxygen atoms in total. The van der Waals surface area contributed by atoms with Crippen LogP contribution in [0.15, 0.2) is 47.6 Å². The predicted octanol–water partition coefficient (Wildman–Crippen LogP) is 4.22. The normalized spacial score (nSPS) is 10.9. The second-order valence-electron chi connectivity index (χ2n) is 5.04. The van der Waals surface area contributed by atoms with E-state index in [1.54, 1.807) is 16.4 Å². The van der Waals surface area contributed by atoms with Crippen LogP contribution in [-0.2, 0) is 5.75 Å². The van der Waals surface area contributed by atoms with Crippen molar-refractivity contribution in [3.05, 3.63) is 64.2 Å². The number of thioether (sulfide) groups is 1. The van der Waals surface area contributed by atoms with Crippen molar-refractivity contribution in [3.8, 4) is 5.69 Å². The van der Waals surface area contributed by atoms with Crippen LogP contribution in [0.2, 0.25) is 5.02 Å². The lowest BCUT2D eigenvalue weighted by atomic mass is 10.1. The van der Waals surface area contributed by atoms with E-state index in [0.717, 1.165) is 32.7 Å². The van der Waals surface area contributed by atoms with E-state index < -0.39 is 0 Å². The Balaban J connectivity index is 1.87. The van der Waals surface area contributed by atoms with Crippen molar-refractivity contribution in [2.24, 2.45) is 0 Å². The average molecular weight is 331 g/mol. The second-order valence-corrected chi connectivity index (χ2v) is 6.39. The molecule has 0 spiro atoms. The first-order chi connectivity index (χ1) is 10.6. The molecule has 2 aromatic carbocycles. The minimum atomic E-state index is 0.727. The van der Waals surface area contributed by atoms with E-state index in [1.165, 1.54) is 5.56 Å². The van der Waals surface area contributed by atoms with Gasteiger partial charge in [0.1, 0.15) is 0 Å². The summed E-state index contributed by atoms with van der Waals surface area (Å²) in [7, 11) is 0. The molecule has 0 aliphatic carbocycles. The van der Waals surface area contributed by atoms with Gasteiger partial charge in [0, 0.05) is 10.8 Å². The summed E-state index contributed by atoms with van der Waals surface area (Å²) in [6.45, 7) is 4.11. The molecule has 6 heteroatoms. The molecule has 0 atom stereocenters. The Morgan fingerprint density at radius 3 is 2.77 bits per heavy atom. The minimum Gasteiger partial charge on any atom is -0.187 e. The summed E-state index contributed by atoms with van der Waals surface area (Å²) in [4.78, 5) is 0. The van der Waals surface area contributed by atoms with E-state index in [2.05, 4.69) is 47.6 Å². The average Bonchev–Trinajstić information content (AvgIpc) is 2.97. The zero-order valence-electron chi connectivity index (χ0n) is 12.3. The number of tetrazole rings is 1. The van der Waals surface area contributed by atoms with Crippen molar-refractivity contribution >= 4 is 23.4 Å². The third kappa shape index (κ3) is 3.15. The highest BCUT2D eigenvalue weighted by molar-refractivity contribution is 7.98. The summed E-state index contributed by atoms with van der Waals surface area (Å²) in [5.41, 5.74) is 4.40. The topological polar surface area (TPSA) is 43.6 Å². The lowest BCUT2D eigenvalue weighted by Gasteiger charge is -2.09.